The van der Waals surface area contributed by atoms with Crippen LogP contribution in [0, 0.1) is 23.0 Å². The first-order chi connectivity index (χ1) is 10.9. The molecule has 1 saturated heterocycles. The summed E-state index contributed by atoms with van der Waals surface area (Å²) >= 11 is 0. The van der Waals surface area contributed by atoms with Crippen LogP contribution in [0.5, 0.6) is 5.75 Å². The number of amides is 1. The second kappa shape index (κ2) is 5.47. The Bertz CT molecular complexity index is 668. The average molecular weight is 325 g/mol. The van der Waals surface area contributed by atoms with Gasteiger partial charge in [-0.15, -0.1) is 0 Å². The molecule has 23 heavy (non-hydrogen) atoms. The SMILES string of the molecule is COc1c(F)ccc(F)c1C(=O)N1CCC2(CC1)CC2C(=O)O. The van der Waals surface area contributed by atoms with Gasteiger partial charge in [-0.1, -0.05) is 0 Å². The van der Waals surface area contributed by atoms with Crippen molar-refractivity contribution in [1.82, 2.24) is 4.90 Å². The molecule has 0 radical (unpaired) electrons. The van der Waals surface area contributed by atoms with E-state index in [1.807, 2.05) is 0 Å². The fourth-order valence-corrected chi connectivity index (χ4v) is 3.49. The van der Waals surface area contributed by atoms with E-state index in [1.165, 1.54) is 12.0 Å². The van der Waals surface area contributed by atoms with E-state index in [0.29, 0.717) is 32.4 Å². The normalized spacial score (nSPS) is 22.0. The molecule has 2 fully saturated rings. The van der Waals surface area contributed by atoms with E-state index >= 15 is 0 Å². The highest BCUT2D eigenvalue weighted by Gasteiger charge is 2.59. The van der Waals surface area contributed by atoms with Crippen molar-refractivity contribution < 1.29 is 28.2 Å². The van der Waals surface area contributed by atoms with Gasteiger partial charge in [-0.05, 0) is 36.8 Å². The zero-order chi connectivity index (χ0) is 16.8. The molecule has 1 aromatic carbocycles. The first-order valence-corrected chi connectivity index (χ1v) is 7.44. The molecule has 1 heterocycles. The van der Waals surface area contributed by atoms with Crippen molar-refractivity contribution in [3.05, 3.63) is 29.3 Å². The summed E-state index contributed by atoms with van der Waals surface area (Å²) in [5.74, 6) is -3.80. The lowest BCUT2D eigenvalue weighted by atomic mass is 9.90. The van der Waals surface area contributed by atoms with Gasteiger partial charge in [-0.25, -0.2) is 8.78 Å². The molecule has 2 aliphatic rings. The van der Waals surface area contributed by atoms with Gasteiger partial charge in [-0.3, -0.25) is 9.59 Å². The van der Waals surface area contributed by atoms with Crippen LogP contribution in [0.25, 0.3) is 0 Å². The van der Waals surface area contributed by atoms with Gasteiger partial charge in [0, 0.05) is 13.1 Å². The van der Waals surface area contributed by atoms with Crippen LogP contribution in [0.1, 0.15) is 29.6 Å². The number of ether oxygens (including phenoxy) is 1. The Morgan fingerprint density at radius 2 is 1.87 bits per heavy atom. The lowest BCUT2D eigenvalue weighted by Crippen LogP contribution is -2.40. The van der Waals surface area contributed by atoms with Gasteiger partial charge in [0.1, 0.15) is 11.4 Å². The lowest BCUT2D eigenvalue weighted by Gasteiger charge is -2.33. The Hall–Kier alpha value is -2.18. The summed E-state index contributed by atoms with van der Waals surface area (Å²) in [7, 11) is 1.18. The summed E-state index contributed by atoms with van der Waals surface area (Å²) in [6.07, 6.45) is 1.76. The second-order valence-corrected chi connectivity index (χ2v) is 6.19. The number of carbonyl (C=O) groups excluding carboxylic acids is 1. The molecule has 1 aromatic rings. The van der Waals surface area contributed by atoms with Crippen LogP contribution in [0.2, 0.25) is 0 Å². The van der Waals surface area contributed by atoms with Crippen LogP contribution >= 0.6 is 0 Å². The van der Waals surface area contributed by atoms with Gasteiger partial charge in [0.25, 0.3) is 5.91 Å². The third-order valence-electron chi connectivity index (χ3n) is 5.01. The van der Waals surface area contributed by atoms with Crippen molar-refractivity contribution in [2.24, 2.45) is 11.3 Å². The first-order valence-electron chi connectivity index (χ1n) is 7.44. The average Bonchev–Trinajstić information content (AvgIpc) is 3.23. The molecular formula is C16H17F2NO4. The van der Waals surface area contributed by atoms with Gasteiger partial charge in [0.05, 0.1) is 13.0 Å². The van der Waals surface area contributed by atoms with Crippen LogP contribution in [-0.2, 0) is 4.79 Å². The third-order valence-corrected chi connectivity index (χ3v) is 5.01. The van der Waals surface area contributed by atoms with E-state index in [1.54, 1.807) is 0 Å². The summed E-state index contributed by atoms with van der Waals surface area (Å²) in [6, 6.07) is 1.82. The van der Waals surface area contributed by atoms with Crippen molar-refractivity contribution >= 4 is 11.9 Å². The van der Waals surface area contributed by atoms with E-state index in [4.69, 9.17) is 9.84 Å². The minimum Gasteiger partial charge on any atom is -0.493 e. The van der Waals surface area contributed by atoms with Gasteiger partial charge in [-0.2, -0.15) is 0 Å². The maximum Gasteiger partial charge on any atom is 0.307 e. The molecule has 0 aromatic heterocycles. The number of hydrogen-bond acceptors (Lipinski definition) is 3. The van der Waals surface area contributed by atoms with Crippen molar-refractivity contribution in [3.63, 3.8) is 0 Å². The molecule has 1 aliphatic carbocycles. The maximum absolute atomic E-state index is 14.0. The Morgan fingerprint density at radius 3 is 2.39 bits per heavy atom. The van der Waals surface area contributed by atoms with Crippen LogP contribution in [0.15, 0.2) is 12.1 Å². The standard InChI is InChI=1S/C16H17F2NO4/c1-23-13-11(18)3-2-10(17)12(13)14(20)19-6-4-16(5-7-19)8-9(16)15(21)22/h2-3,9H,4-8H2,1H3,(H,21,22). The number of carboxylic acids is 1. The Labute approximate surface area is 131 Å². The fourth-order valence-electron chi connectivity index (χ4n) is 3.49. The number of methoxy groups -OCH3 is 1. The molecule has 1 unspecified atom stereocenters. The Balaban J connectivity index is 1.76. The number of likely N-dealkylation sites (tertiary alicyclic amines) is 1. The predicted octanol–water partition coefficient (Wildman–Crippen LogP) is 2.30. The van der Waals surface area contributed by atoms with E-state index < -0.39 is 34.8 Å². The number of nitrogens with zero attached hydrogens (tertiary/aromatic N) is 1. The number of halogens is 2. The number of carboxylic acid groups (broad SMARTS) is 1. The molecule has 3 rings (SSSR count). The number of piperidine rings is 1. The van der Waals surface area contributed by atoms with E-state index in [9.17, 15) is 18.4 Å². The molecular weight excluding hydrogens is 308 g/mol. The Morgan fingerprint density at radius 1 is 1.26 bits per heavy atom. The second-order valence-electron chi connectivity index (χ2n) is 6.19. The third kappa shape index (κ3) is 2.54. The summed E-state index contributed by atoms with van der Waals surface area (Å²) in [4.78, 5) is 25.0. The molecule has 1 atom stereocenters. The molecule has 1 saturated carbocycles. The number of aliphatic carboxylic acids is 1. The van der Waals surface area contributed by atoms with Crippen LogP contribution in [0.3, 0.4) is 0 Å². The number of hydrogen-bond donors (Lipinski definition) is 1. The zero-order valence-corrected chi connectivity index (χ0v) is 12.6. The zero-order valence-electron chi connectivity index (χ0n) is 12.6. The van der Waals surface area contributed by atoms with Crippen molar-refractivity contribution in [3.8, 4) is 5.75 Å². The minimum atomic E-state index is -0.830. The molecule has 0 bridgehead atoms. The van der Waals surface area contributed by atoms with Gasteiger partial charge >= 0.3 is 5.97 Å². The highest BCUT2D eigenvalue weighted by atomic mass is 19.1. The number of benzene rings is 1. The highest BCUT2D eigenvalue weighted by molar-refractivity contribution is 5.97. The summed E-state index contributed by atoms with van der Waals surface area (Å²) in [6.45, 7) is 0.670. The van der Waals surface area contributed by atoms with Gasteiger partial charge in [0.15, 0.2) is 11.6 Å². The van der Waals surface area contributed by atoms with Gasteiger partial charge in [0.2, 0.25) is 0 Å². The summed E-state index contributed by atoms with van der Waals surface area (Å²) < 4.78 is 32.5. The van der Waals surface area contributed by atoms with Crippen LogP contribution < -0.4 is 4.74 Å². The van der Waals surface area contributed by atoms with Crippen molar-refractivity contribution in [2.75, 3.05) is 20.2 Å². The monoisotopic (exact) mass is 325 g/mol. The van der Waals surface area contributed by atoms with Crippen molar-refractivity contribution in [2.45, 2.75) is 19.3 Å². The van der Waals surface area contributed by atoms with E-state index in [-0.39, 0.29) is 11.3 Å². The van der Waals surface area contributed by atoms with E-state index in [2.05, 4.69) is 0 Å². The molecule has 7 heteroatoms. The predicted molar refractivity (Wildman–Crippen MR) is 76.2 cm³/mol. The highest BCUT2D eigenvalue weighted by Crippen LogP contribution is 2.59. The summed E-state index contributed by atoms with van der Waals surface area (Å²) in [5, 5.41) is 9.07. The largest absolute Gasteiger partial charge is 0.493 e. The van der Waals surface area contributed by atoms with Gasteiger partial charge < -0.3 is 14.7 Å². The smallest absolute Gasteiger partial charge is 0.307 e. The molecule has 124 valence electrons. The first kappa shape index (κ1) is 15.7. The number of rotatable bonds is 3. The van der Waals surface area contributed by atoms with E-state index in [0.717, 1.165) is 12.1 Å². The fraction of sp³-hybridized carbons (Fsp3) is 0.500. The lowest BCUT2D eigenvalue weighted by molar-refractivity contribution is -0.139. The topological polar surface area (TPSA) is 66.8 Å². The van der Waals surface area contributed by atoms with Crippen LogP contribution in [-0.4, -0.2) is 42.1 Å². The van der Waals surface area contributed by atoms with Crippen LogP contribution in [0.4, 0.5) is 8.78 Å². The minimum absolute atomic E-state index is 0.229. The van der Waals surface area contributed by atoms with Crippen molar-refractivity contribution in [1.29, 1.82) is 0 Å². The number of carbonyl (C=O) groups is 2. The Kier molecular flexibility index (Phi) is 3.74. The molecule has 1 spiro atoms. The molecule has 1 amide bonds. The molecule has 1 aliphatic heterocycles. The molecule has 1 N–H and O–H groups in total. The quantitative estimate of drug-likeness (QED) is 0.926. The maximum atomic E-state index is 14.0. The molecule has 5 nitrogen and oxygen atoms in total. The summed E-state index contributed by atoms with van der Waals surface area (Å²) in [5.41, 5.74) is -0.637.